The van der Waals surface area contributed by atoms with Gasteiger partial charge in [0.25, 0.3) is 0 Å². The molecular weight excluding hydrogens is 277 g/mol. The van der Waals surface area contributed by atoms with Crippen LogP contribution in [-0.2, 0) is 0 Å². The van der Waals surface area contributed by atoms with E-state index in [-0.39, 0.29) is 0 Å². The normalized spacial score (nSPS) is 11.0. The fourth-order valence-corrected chi connectivity index (χ4v) is 4.03. The third-order valence-electron chi connectivity index (χ3n) is 0.973. The van der Waals surface area contributed by atoms with E-state index in [1.807, 2.05) is 0 Å². The average Bonchev–Trinajstić information content (AvgIpc) is 1.84. The van der Waals surface area contributed by atoms with Crippen molar-refractivity contribution in [3.63, 3.8) is 0 Å². The van der Waals surface area contributed by atoms with Crippen LogP contribution in [0.25, 0.3) is 0 Å². The van der Waals surface area contributed by atoms with E-state index >= 15 is 0 Å². The zero-order valence-corrected chi connectivity index (χ0v) is 9.85. The largest absolute Gasteiger partial charge is 0.185 e. The Bertz CT molecular complexity index is 130. The second kappa shape index (κ2) is 5.56. The van der Waals surface area contributed by atoms with E-state index in [2.05, 4.69) is 40.5 Å². The summed E-state index contributed by atoms with van der Waals surface area (Å²) in [7, 11) is 1.81. The summed E-state index contributed by atoms with van der Waals surface area (Å²) in [6, 6.07) is 0. The maximum atomic E-state index is 8.30. The van der Waals surface area contributed by atoms with E-state index in [1.54, 1.807) is 8.93 Å². The lowest BCUT2D eigenvalue weighted by Gasteiger charge is -2.19. The number of hydrogen-bond donors (Lipinski definition) is 0. The summed E-state index contributed by atoms with van der Waals surface area (Å²) in [4.78, 5) is 0. The van der Waals surface area contributed by atoms with Crippen LogP contribution in [0.3, 0.4) is 0 Å². The Hall–Kier alpha value is 0.920. The fourth-order valence-electron chi connectivity index (χ4n) is 0.417. The van der Waals surface area contributed by atoms with Crippen LogP contribution in [0.2, 0.25) is 0 Å². The van der Waals surface area contributed by atoms with Gasteiger partial charge in [0.2, 0.25) is 0 Å². The minimum Gasteiger partial charge on any atom is -0.185 e. The summed E-state index contributed by atoms with van der Waals surface area (Å²) in [6.45, 7) is 4.37. The van der Waals surface area contributed by atoms with Gasteiger partial charge in [0.05, 0.1) is 0 Å². The highest BCUT2D eigenvalue weighted by atomic mass is 127. The topological polar surface area (TPSA) is 23.8 Å². The Kier molecular flexibility index (Phi) is 6.07. The quantitative estimate of drug-likeness (QED) is 0.585. The molecular formula is C6H10INS2. The molecule has 1 nitrogen and oxygen atoms in total. The van der Waals surface area contributed by atoms with Crippen LogP contribution in [0.15, 0.2) is 0 Å². The van der Waals surface area contributed by atoms with Gasteiger partial charge in [0, 0.05) is 11.5 Å². The summed E-state index contributed by atoms with van der Waals surface area (Å²) in [6.07, 6.45) is 0. The molecule has 0 unspecified atom stereocenters. The lowest BCUT2D eigenvalue weighted by Crippen LogP contribution is -2.16. The highest BCUT2D eigenvalue weighted by Crippen LogP contribution is 2.28. The molecule has 0 spiro atoms. The molecule has 0 aliphatic carbocycles. The standard InChI is InChI=1S/C6H10INS2/c1-6(2,4-10-7)3-9-5-8/h3-4H2,1-2H3. The van der Waals surface area contributed by atoms with Crippen molar-refractivity contribution in [2.45, 2.75) is 13.8 Å². The summed E-state index contributed by atoms with van der Waals surface area (Å²) >= 11 is 3.63. The predicted molar refractivity (Wildman–Crippen MR) is 58.3 cm³/mol. The van der Waals surface area contributed by atoms with E-state index < -0.39 is 0 Å². The van der Waals surface area contributed by atoms with Crippen LogP contribution >= 0.6 is 41.9 Å². The van der Waals surface area contributed by atoms with Crippen molar-refractivity contribution in [2.75, 3.05) is 11.5 Å². The Morgan fingerprint density at radius 1 is 1.50 bits per heavy atom. The van der Waals surface area contributed by atoms with Crippen molar-refractivity contribution in [3.8, 4) is 5.40 Å². The SMILES string of the molecule is CC(C)(CSI)CSC#N. The molecule has 0 fully saturated rings. The Labute approximate surface area is 82.9 Å². The van der Waals surface area contributed by atoms with Gasteiger partial charge in [-0.15, -0.1) is 0 Å². The van der Waals surface area contributed by atoms with Crippen LogP contribution in [0, 0.1) is 16.1 Å². The second-order valence-electron chi connectivity index (χ2n) is 2.80. The van der Waals surface area contributed by atoms with Crippen molar-refractivity contribution < 1.29 is 0 Å². The number of nitriles is 1. The van der Waals surface area contributed by atoms with Crippen LogP contribution in [-0.4, -0.2) is 11.5 Å². The molecule has 58 valence electrons. The third kappa shape index (κ3) is 5.69. The number of thioether (sulfide) groups is 1. The molecule has 0 saturated heterocycles. The first-order valence-electron chi connectivity index (χ1n) is 2.87. The molecule has 0 aromatic carbocycles. The summed E-state index contributed by atoms with van der Waals surface area (Å²) in [5.41, 5.74) is 0.298. The van der Waals surface area contributed by atoms with Gasteiger partial charge in [0.1, 0.15) is 5.40 Å². The molecule has 0 aliphatic heterocycles. The number of nitrogens with zero attached hydrogens (tertiary/aromatic N) is 1. The molecule has 0 aromatic heterocycles. The summed E-state index contributed by atoms with van der Waals surface area (Å²) in [5, 5.41) is 10.4. The minimum absolute atomic E-state index is 0.298. The van der Waals surface area contributed by atoms with E-state index in [0.717, 1.165) is 11.5 Å². The van der Waals surface area contributed by atoms with E-state index in [9.17, 15) is 0 Å². The first kappa shape index (κ1) is 10.9. The molecule has 0 heterocycles. The predicted octanol–water partition coefficient (Wildman–Crippen LogP) is 3.31. The molecule has 0 N–H and O–H groups in total. The molecule has 4 heteroatoms. The lowest BCUT2D eigenvalue weighted by atomic mass is 10.0. The van der Waals surface area contributed by atoms with Crippen molar-refractivity contribution in [1.82, 2.24) is 0 Å². The molecule has 0 atom stereocenters. The van der Waals surface area contributed by atoms with Crippen LogP contribution in [0.1, 0.15) is 13.8 Å². The third-order valence-corrected chi connectivity index (χ3v) is 3.85. The van der Waals surface area contributed by atoms with Crippen molar-refractivity contribution in [2.24, 2.45) is 5.41 Å². The molecule has 0 rings (SSSR count). The number of hydrogen-bond acceptors (Lipinski definition) is 3. The van der Waals surface area contributed by atoms with Gasteiger partial charge in [-0.3, -0.25) is 0 Å². The van der Waals surface area contributed by atoms with Crippen molar-refractivity contribution >= 4 is 41.9 Å². The number of rotatable bonds is 4. The second-order valence-corrected chi connectivity index (χ2v) is 5.93. The molecule has 0 radical (unpaired) electrons. The Balaban J connectivity index is 3.54. The molecule has 10 heavy (non-hydrogen) atoms. The highest BCUT2D eigenvalue weighted by molar-refractivity contribution is 14.2. The van der Waals surface area contributed by atoms with Gasteiger partial charge in [-0.25, -0.2) is 0 Å². The van der Waals surface area contributed by atoms with Gasteiger partial charge in [-0.05, 0) is 38.4 Å². The van der Waals surface area contributed by atoms with Gasteiger partial charge < -0.3 is 0 Å². The van der Waals surface area contributed by atoms with Crippen LogP contribution in [0.5, 0.6) is 0 Å². The lowest BCUT2D eigenvalue weighted by molar-refractivity contribution is 0.494. The number of thiocyanates is 1. The monoisotopic (exact) mass is 287 g/mol. The van der Waals surface area contributed by atoms with E-state index in [4.69, 9.17) is 5.26 Å². The molecule has 0 aromatic rings. The first-order chi connectivity index (χ1) is 4.62. The summed E-state index contributed by atoms with van der Waals surface area (Å²) < 4.78 is 0. The van der Waals surface area contributed by atoms with Crippen LogP contribution < -0.4 is 0 Å². The van der Waals surface area contributed by atoms with Crippen molar-refractivity contribution in [1.29, 1.82) is 5.26 Å². The fraction of sp³-hybridized carbons (Fsp3) is 0.833. The van der Waals surface area contributed by atoms with Crippen LogP contribution in [0.4, 0.5) is 0 Å². The van der Waals surface area contributed by atoms with Crippen molar-refractivity contribution in [3.05, 3.63) is 0 Å². The van der Waals surface area contributed by atoms with Gasteiger partial charge in [-0.1, -0.05) is 22.8 Å². The first-order valence-corrected chi connectivity index (χ1v) is 7.38. The summed E-state index contributed by atoms with van der Waals surface area (Å²) in [5.74, 6) is 2.04. The zero-order valence-electron chi connectivity index (χ0n) is 6.06. The minimum atomic E-state index is 0.298. The smallest absolute Gasteiger partial charge is 0.133 e. The Morgan fingerprint density at radius 3 is 2.50 bits per heavy atom. The van der Waals surface area contributed by atoms with Gasteiger partial charge >= 0.3 is 0 Å². The van der Waals surface area contributed by atoms with Gasteiger partial charge in [0.15, 0.2) is 0 Å². The highest BCUT2D eigenvalue weighted by Gasteiger charge is 2.16. The average molecular weight is 287 g/mol. The number of halogens is 1. The molecule has 0 bridgehead atoms. The molecule has 0 aliphatic rings. The zero-order chi connectivity index (χ0) is 8.04. The molecule has 0 saturated carbocycles. The van der Waals surface area contributed by atoms with Gasteiger partial charge in [-0.2, -0.15) is 5.26 Å². The maximum Gasteiger partial charge on any atom is 0.133 e. The maximum absolute atomic E-state index is 8.30. The van der Waals surface area contributed by atoms with E-state index in [0.29, 0.717) is 5.41 Å². The Morgan fingerprint density at radius 2 is 2.10 bits per heavy atom. The van der Waals surface area contributed by atoms with E-state index in [1.165, 1.54) is 11.8 Å². The molecule has 0 amide bonds.